The van der Waals surface area contributed by atoms with Crippen LogP contribution in [0.1, 0.15) is 27.3 Å². The van der Waals surface area contributed by atoms with Crippen LogP contribution in [0.25, 0.3) is 11.5 Å². The SMILES string of the molecule is O=C(Nc1cn[nH]c1-c1nc2c([nH]1)CNCC2)c1cccc2c1OCC2. The third kappa shape index (κ3) is 2.46. The molecule has 0 radical (unpaired) electrons. The van der Waals surface area contributed by atoms with Gasteiger partial charge in [-0.1, -0.05) is 12.1 Å². The van der Waals surface area contributed by atoms with Gasteiger partial charge in [-0.3, -0.25) is 9.89 Å². The van der Waals surface area contributed by atoms with Crippen LogP contribution in [0.2, 0.25) is 0 Å². The lowest BCUT2D eigenvalue weighted by atomic mass is 10.1. The first-order valence-electron chi connectivity index (χ1n) is 8.68. The Balaban J connectivity index is 1.44. The van der Waals surface area contributed by atoms with Gasteiger partial charge in [0.1, 0.15) is 11.4 Å². The second-order valence-electron chi connectivity index (χ2n) is 6.44. The first-order chi connectivity index (χ1) is 12.8. The lowest BCUT2D eigenvalue weighted by Crippen LogP contribution is -2.23. The summed E-state index contributed by atoms with van der Waals surface area (Å²) < 4.78 is 5.63. The smallest absolute Gasteiger partial charge is 0.259 e. The molecule has 4 heterocycles. The maximum atomic E-state index is 12.8. The molecule has 0 aliphatic carbocycles. The van der Waals surface area contributed by atoms with Crippen molar-refractivity contribution in [2.45, 2.75) is 19.4 Å². The van der Waals surface area contributed by atoms with Crippen molar-refractivity contribution in [3.8, 4) is 17.3 Å². The Bertz CT molecular complexity index is 966. The average molecular weight is 350 g/mol. The summed E-state index contributed by atoms with van der Waals surface area (Å²) in [6.07, 6.45) is 3.31. The highest BCUT2D eigenvalue weighted by molar-refractivity contribution is 6.07. The quantitative estimate of drug-likeness (QED) is 0.574. The Morgan fingerprint density at radius 3 is 3.15 bits per heavy atom. The predicted octanol–water partition coefficient (Wildman–Crippen LogP) is 1.63. The first-order valence-corrected chi connectivity index (χ1v) is 8.68. The van der Waals surface area contributed by atoms with Gasteiger partial charge in [-0.15, -0.1) is 0 Å². The minimum absolute atomic E-state index is 0.218. The summed E-state index contributed by atoms with van der Waals surface area (Å²) in [6, 6.07) is 5.65. The zero-order valence-electron chi connectivity index (χ0n) is 14.1. The molecule has 0 atom stereocenters. The van der Waals surface area contributed by atoms with E-state index in [1.807, 2.05) is 12.1 Å². The van der Waals surface area contributed by atoms with E-state index < -0.39 is 0 Å². The van der Waals surface area contributed by atoms with Gasteiger partial charge in [0.2, 0.25) is 0 Å². The molecule has 1 aromatic carbocycles. The highest BCUT2D eigenvalue weighted by Gasteiger charge is 2.23. The van der Waals surface area contributed by atoms with Gasteiger partial charge in [0.15, 0.2) is 5.82 Å². The van der Waals surface area contributed by atoms with Crippen molar-refractivity contribution < 1.29 is 9.53 Å². The third-order valence-corrected chi connectivity index (χ3v) is 4.79. The van der Waals surface area contributed by atoms with Gasteiger partial charge in [0.05, 0.1) is 35.4 Å². The molecule has 8 heteroatoms. The summed E-state index contributed by atoms with van der Waals surface area (Å²) in [7, 11) is 0. The van der Waals surface area contributed by atoms with Gasteiger partial charge < -0.3 is 20.4 Å². The van der Waals surface area contributed by atoms with Crippen molar-refractivity contribution in [3.05, 3.63) is 46.9 Å². The number of amides is 1. The number of para-hydroxylation sites is 1. The van der Waals surface area contributed by atoms with Crippen LogP contribution in [0.3, 0.4) is 0 Å². The van der Waals surface area contributed by atoms with Gasteiger partial charge in [-0.25, -0.2) is 4.98 Å². The van der Waals surface area contributed by atoms with Crippen molar-refractivity contribution >= 4 is 11.6 Å². The molecule has 2 aromatic heterocycles. The number of rotatable bonds is 3. The standard InChI is InChI=1S/C18H18N6O2/c25-18(11-3-1-2-10-5-7-26-16(10)11)23-14-9-20-24-15(14)17-21-12-4-6-19-8-13(12)22-17/h1-3,9,19H,4-8H2,(H,20,24)(H,21,22)(H,23,25). The molecule has 2 aliphatic rings. The molecule has 0 bridgehead atoms. The Labute approximate surface area is 149 Å². The number of nitrogens with one attached hydrogen (secondary N) is 4. The molecule has 0 unspecified atom stereocenters. The number of fused-ring (bicyclic) bond motifs is 2. The molecular weight excluding hydrogens is 332 g/mol. The molecule has 0 saturated heterocycles. The number of aromatic amines is 2. The lowest BCUT2D eigenvalue weighted by Gasteiger charge is -2.09. The normalized spacial score (nSPS) is 15.2. The van der Waals surface area contributed by atoms with E-state index in [0.717, 1.165) is 42.9 Å². The number of anilines is 1. The number of benzene rings is 1. The van der Waals surface area contributed by atoms with Gasteiger partial charge in [0.25, 0.3) is 5.91 Å². The van der Waals surface area contributed by atoms with E-state index in [1.54, 1.807) is 12.3 Å². The molecule has 3 aromatic rings. The summed E-state index contributed by atoms with van der Waals surface area (Å²) in [5, 5.41) is 13.2. The number of aromatic nitrogens is 4. The number of hydrogen-bond donors (Lipinski definition) is 4. The highest BCUT2D eigenvalue weighted by Crippen LogP contribution is 2.31. The number of hydrogen-bond acceptors (Lipinski definition) is 5. The number of ether oxygens (including phenoxy) is 1. The molecule has 2 aliphatic heterocycles. The van der Waals surface area contributed by atoms with Crippen LogP contribution >= 0.6 is 0 Å². The van der Waals surface area contributed by atoms with Crippen LogP contribution in [-0.2, 0) is 19.4 Å². The van der Waals surface area contributed by atoms with Crippen LogP contribution in [0, 0.1) is 0 Å². The summed E-state index contributed by atoms with van der Waals surface area (Å²) in [6.45, 7) is 2.30. The molecule has 0 fully saturated rings. The van der Waals surface area contributed by atoms with Gasteiger partial charge >= 0.3 is 0 Å². The molecule has 0 saturated carbocycles. The second-order valence-corrected chi connectivity index (χ2v) is 6.44. The molecular formula is C18H18N6O2. The van der Waals surface area contributed by atoms with Gasteiger partial charge in [-0.2, -0.15) is 5.10 Å². The Morgan fingerprint density at radius 1 is 1.27 bits per heavy atom. The van der Waals surface area contributed by atoms with E-state index in [1.165, 1.54) is 0 Å². The Hall–Kier alpha value is -3.13. The van der Waals surface area contributed by atoms with Crippen LogP contribution in [0.15, 0.2) is 24.4 Å². The van der Waals surface area contributed by atoms with Gasteiger partial charge in [0, 0.05) is 25.9 Å². The van der Waals surface area contributed by atoms with Crippen molar-refractivity contribution in [2.24, 2.45) is 0 Å². The summed E-state index contributed by atoms with van der Waals surface area (Å²) >= 11 is 0. The monoisotopic (exact) mass is 350 g/mol. The van der Waals surface area contributed by atoms with Gasteiger partial charge in [-0.05, 0) is 11.6 Å². The van der Waals surface area contributed by atoms with Crippen LogP contribution in [0.4, 0.5) is 5.69 Å². The molecule has 5 rings (SSSR count). The fraction of sp³-hybridized carbons (Fsp3) is 0.278. The molecule has 8 nitrogen and oxygen atoms in total. The maximum absolute atomic E-state index is 12.8. The van der Waals surface area contributed by atoms with E-state index in [4.69, 9.17) is 4.74 Å². The molecule has 26 heavy (non-hydrogen) atoms. The number of H-pyrrole nitrogens is 2. The zero-order chi connectivity index (χ0) is 17.5. The number of carbonyl (C=O) groups excluding carboxylic acids is 1. The van der Waals surface area contributed by atoms with E-state index in [0.29, 0.717) is 35.1 Å². The van der Waals surface area contributed by atoms with E-state index in [-0.39, 0.29) is 5.91 Å². The summed E-state index contributed by atoms with van der Waals surface area (Å²) in [5.41, 5.74) is 4.99. The average Bonchev–Trinajstić information content (AvgIpc) is 3.39. The molecule has 4 N–H and O–H groups in total. The van der Waals surface area contributed by atoms with Crippen molar-refractivity contribution in [3.63, 3.8) is 0 Å². The number of carbonyl (C=O) groups is 1. The largest absolute Gasteiger partial charge is 0.492 e. The van der Waals surface area contributed by atoms with Crippen molar-refractivity contribution in [1.82, 2.24) is 25.5 Å². The van der Waals surface area contributed by atoms with Crippen LogP contribution in [0.5, 0.6) is 5.75 Å². The van der Waals surface area contributed by atoms with Crippen molar-refractivity contribution in [1.29, 1.82) is 0 Å². The van der Waals surface area contributed by atoms with E-state index in [2.05, 4.69) is 30.8 Å². The maximum Gasteiger partial charge on any atom is 0.259 e. The molecule has 1 amide bonds. The Kier molecular flexibility index (Phi) is 3.49. The minimum atomic E-state index is -0.218. The second kappa shape index (κ2) is 5.99. The first kappa shape index (κ1) is 15.2. The van der Waals surface area contributed by atoms with Crippen LogP contribution < -0.4 is 15.4 Å². The topological polar surface area (TPSA) is 108 Å². The third-order valence-electron chi connectivity index (χ3n) is 4.79. The number of nitrogens with zero attached hydrogens (tertiary/aromatic N) is 2. The molecule has 132 valence electrons. The minimum Gasteiger partial charge on any atom is -0.492 e. The summed E-state index contributed by atoms with van der Waals surface area (Å²) in [4.78, 5) is 20.7. The zero-order valence-corrected chi connectivity index (χ0v) is 14.1. The lowest BCUT2D eigenvalue weighted by molar-refractivity contribution is 0.102. The van der Waals surface area contributed by atoms with Crippen LogP contribution in [-0.4, -0.2) is 39.2 Å². The molecule has 0 spiro atoms. The number of imidazole rings is 1. The fourth-order valence-electron chi connectivity index (χ4n) is 3.48. The predicted molar refractivity (Wildman–Crippen MR) is 95.2 cm³/mol. The Morgan fingerprint density at radius 2 is 2.23 bits per heavy atom. The fourth-order valence-corrected chi connectivity index (χ4v) is 3.48. The van der Waals surface area contributed by atoms with E-state index >= 15 is 0 Å². The van der Waals surface area contributed by atoms with Crippen molar-refractivity contribution in [2.75, 3.05) is 18.5 Å². The summed E-state index contributed by atoms with van der Waals surface area (Å²) in [5.74, 6) is 1.14. The highest BCUT2D eigenvalue weighted by atomic mass is 16.5. The van der Waals surface area contributed by atoms with E-state index in [9.17, 15) is 4.79 Å².